The predicted octanol–water partition coefficient (Wildman–Crippen LogP) is 3.58. The van der Waals surface area contributed by atoms with E-state index >= 15 is 0 Å². The maximum atomic E-state index is 4.49. The molecule has 5 rings (SSSR count). The van der Waals surface area contributed by atoms with Gasteiger partial charge in [0.2, 0.25) is 0 Å². The van der Waals surface area contributed by atoms with Crippen molar-refractivity contribution in [2.45, 2.75) is 0 Å². The Morgan fingerprint density at radius 1 is 0.909 bits per heavy atom. The Hall–Kier alpha value is -2.86. The van der Waals surface area contributed by atoms with Gasteiger partial charge in [-0.3, -0.25) is 4.57 Å². The van der Waals surface area contributed by atoms with Gasteiger partial charge in [0.05, 0.1) is 21.3 Å². The molecule has 1 aromatic carbocycles. The highest BCUT2D eigenvalue weighted by Gasteiger charge is 2.14. The number of hydrogen-bond donors (Lipinski definition) is 0. The van der Waals surface area contributed by atoms with Gasteiger partial charge in [-0.05, 0) is 24.3 Å². The molecule has 0 amide bonds. The summed E-state index contributed by atoms with van der Waals surface area (Å²) in [7, 11) is 0. The van der Waals surface area contributed by atoms with Crippen molar-refractivity contribution in [1.82, 2.24) is 24.5 Å². The smallest absolute Gasteiger partial charge is 0.159 e. The zero-order valence-electron chi connectivity index (χ0n) is 11.3. The number of imidazole rings is 1. The lowest BCUT2D eigenvalue weighted by Crippen LogP contribution is -1.96. The Morgan fingerprint density at radius 2 is 1.86 bits per heavy atom. The summed E-state index contributed by atoms with van der Waals surface area (Å²) in [5.74, 6) is 0.849. The summed E-state index contributed by atoms with van der Waals surface area (Å²) in [6.45, 7) is 0. The molecule has 0 N–H and O–H groups in total. The summed E-state index contributed by atoms with van der Waals surface area (Å²) in [5, 5.41) is 1.07. The number of hydrogen-bond acceptors (Lipinski definition) is 5. The molecule has 4 aromatic heterocycles. The summed E-state index contributed by atoms with van der Waals surface area (Å²) < 4.78 is 3.04. The van der Waals surface area contributed by atoms with Gasteiger partial charge in [-0.2, -0.15) is 0 Å². The molecule has 0 aliphatic heterocycles. The van der Waals surface area contributed by atoms with Crippen LogP contribution in [0.4, 0.5) is 0 Å². The number of para-hydroxylation sites is 2. The number of thiophene rings is 1. The first-order chi connectivity index (χ1) is 10.9. The van der Waals surface area contributed by atoms with Gasteiger partial charge in [0.1, 0.15) is 17.5 Å². The lowest BCUT2D eigenvalue weighted by Gasteiger charge is -2.03. The fourth-order valence-electron chi connectivity index (χ4n) is 2.70. The summed E-state index contributed by atoms with van der Waals surface area (Å²) in [5.41, 5.74) is 2.93. The number of aromatic nitrogens is 5. The molecular formula is C16H9N5S. The van der Waals surface area contributed by atoms with E-state index in [9.17, 15) is 0 Å². The van der Waals surface area contributed by atoms with Crippen molar-refractivity contribution in [2.75, 3.05) is 0 Å². The van der Waals surface area contributed by atoms with Gasteiger partial charge < -0.3 is 0 Å². The SMILES string of the molecule is c1ccc2c(c1)ncn2-c1ncnc2c1sc1ncccc12. The molecule has 5 nitrogen and oxygen atoms in total. The highest BCUT2D eigenvalue weighted by molar-refractivity contribution is 7.25. The van der Waals surface area contributed by atoms with Crippen LogP contribution in [0.15, 0.2) is 55.2 Å². The van der Waals surface area contributed by atoms with Crippen molar-refractivity contribution < 1.29 is 0 Å². The van der Waals surface area contributed by atoms with Crippen molar-refractivity contribution in [3.05, 3.63) is 55.2 Å². The zero-order chi connectivity index (χ0) is 14.5. The molecule has 0 fully saturated rings. The summed E-state index contributed by atoms with van der Waals surface area (Å²) in [4.78, 5) is 18.8. The monoisotopic (exact) mass is 303 g/mol. The lowest BCUT2D eigenvalue weighted by atomic mass is 10.3. The Kier molecular flexibility index (Phi) is 2.31. The topological polar surface area (TPSA) is 56.5 Å². The number of fused-ring (bicyclic) bond motifs is 4. The second kappa shape index (κ2) is 4.32. The van der Waals surface area contributed by atoms with E-state index in [0.717, 1.165) is 37.3 Å². The van der Waals surface area contributed by atoms with Crippen LogP contribution in [0.1, 0.15) is 0 Å². The van der Waals surface area contributed by atoms with Crippen molar-refractivity contribution in [2.24, 2.45) is 0 Å². The third-order valence-corrected chi connectivity index (χ3v) is 4.79. The number of pyridine rings is 1. The molecule has 0 spiro atoms. The molecule has 22 heavy (non-hydrogen) atoms. The van der Waals surface area contributed by atoms with E-state index in [0.29, 0.717) is 0 Å². The third-order valence-electron chi connectivity index (χ3n) is 3.69. The molecule has 0 atom stereocenters. The normalized spacial score (nSPS) is 11.6. The van der Waals surface area contributed by atoms with E-state index in [4.69, 9.17) is 0 Å². The van der Waals surface area contributed by atoms with Crippen molar-refractivity contribution in [3.63, 3.8) is 0 Å². The molecule has 0 bridgehead atoms. The fourth-order valence-corrected chi connectivity index (χ4v) is 3.78. The van der Waals surface area contributed by atoms with E-state index in [1.807, 2.05) is 47.3 Å². The molecule has 5 aromatic rings. The van der Waals surface area contributed by atoms with Crippen LogP contribution < -0.4 is 0 Å². The highest BCUT2D eigenvalue weighted by Crippen LogP contribution is 2.34. The van der Waals surface area contributed by atoms with Crippen molar-refractivity contribution in [1.29, 1.82) is 0 Å². The van der Waals surface area contributed by atoms with Gasteiger partial charge >= 0.3 is 0 Å². The maximum Gasteiger partial charge on any atom is 0.159 e. The summed E-state index contributed by atoms with van der Waals surface area (Å²) in [6, 6.07) is 12.0. The number of nitrogens with zero attached hydrogens (tertiary/aromatic N) is 5. The summed E-state index contributed by atoms with van der Waals surface area (Å²) in [6.07, 6.45) is 5.22. The van der Waals surface area contributed by atoms with Crippen LogP contribution in [-0.2, 0) is 0 Å². The first-order valence-corrected chi connectivity index (χ1v) is 7.64. The van der Waals surface area contributed by atoms with Crippen LogP contribution in [0, 0.1) is 0 Å². The van der Waals surface area contributed by atoms with Gasteiger partial charge in [0.25, 0.3) is 0 Å². The van der Waals surface area contributed by atoms with Gasteiger partial charge in [0, 0.05) is 11.6 Å². The van der Waals surface area contributed by atoms with Crippen LogP contribution in [-0.4, -0.2) is 24.5 Å². The quantitative estimate of drug-likeness (QED) is 0.475. The van der Waals surface area contributed by atoms with E-state index in [-0.39, 0.29) is 0 Å². The lowest BCUT2D eigenvalue weighted by molar-refractivity contribution is 1.02. The predicted molar refractivity (Wildman–Crippen MR) is 87.3 cm³/mol. The van der Waals surface area contributed by atoms with Crippen LogP contribution in [0.3, 0.4) is 0 Å². The number of rotatable bonds is 1. The number of benzene rings is 1. The molecule has 0 saturated carbocycles. The first-order valence-electron chi connectivity index (χ1n) is 6.82. The Balaban J connectivity index is 1.92. The first kappa shape index (κ1) is 11.8. The van der Waals surface area contributed by atoms with Crippen LogP contribution in [0.25, 0.3) is 37.3 Å². The van der Waals surface area contributed by atoms with Crippen LogP contribution in [0.5, 0.6) is 0 Å². The second-order valence-corrected chi connectivity index (χ2v) is 5.94. The molecule has 0 aliphatic carbocycles. The summed E-state index contributed by atoms with van der Waals surface area (Å²) >= 11 is 1.61. The Morgan fingerprint density at radius 3 is 2.86 bits per heavy atom. The molecular weight excluding hydrogens is 294 g/mol. The van der Waals surface area contributed by atoms with Crippen molar-refractivity contribution >= 4 is 42.8 Å². The zero-order valence-corrected chi connectivity index (χ0v) is 12.2. The van der Waals surface area contributed by atoms with E-state index in [1.54, 1.807) is 23.9 Å². The minimum absolute atomic E-state index is 0.849. The average Bonchev–Trinajstić information content (AvgIpc) is 3.16. The average molecular weight is 303 g/mol. The van der Waals surface area contributed by atoms with Gasteiger partial charge in [-0.25, -0.2) is 19.9 Å². The molecule has 6 heteroatoms. The van der Waals surface area contributed by atoms with Gasteiger partial charge in [-0.15, -0.1) is 11.3 Å². The maximum absolute atomic E-state index is 4.49. The van der Waals surface area contributed by atoms with E-state index in [2.05, 4.69) is 19.9 Å². The molecule has 0 saturated heterocycles. The minimum Gasteiger partial charge on any atom is -0.282 e. The van der Waals surface area contributed by atoms with E-state index in [1.165, 1.54) is 0 Å². The van der Waals surface area contributed by atoms with Crippen LogP contribution in [0.2, 0.25) is 0 Å². The molecule has 0 unspecified atom stereocenters. The largest absolute Gasteiger partial charge is 0.282 e. The minimum atomic E-state index is 0.849. The standard InChI is InChI=1S/C16H9N5S/c1-2-6-12-11(5-1)20-9-21(12)15-14-13(18-8-19-15)10-4-3-7-17-16(10)22-14/h1-9H. The fraction of sp³-hybridized carbons (Fsp3) is 0. The molecule has 4 heterocycles. The van der Waals surface area contributed by atoms with E-state index < -0.39 is 0 Å². The van der Waals surface area contributed by atoms with Crippen molar-refractivity contribution in [3.8, 4) is 5.82 Å². The van der Waals surface area contributed by atoms with Crippen LogP contribution >= 0.6 is 11.3 Å². The van der Waals surface area contributed by atoms with Gasteiger partial charge in [-0.1, -0.05) is 12.1 Å². The highest BCUT2D eigenvalue weighted by atomic mass is 32.1. The second-order valence-electron chi connectivity index (χ2n) is 4.94. The van der Waals surface area contributed by atoms with Gasteiger partial charge in [0.15, 0.2) is 5.82 Å². The molecule has 0 aliphatic rings. The Labute approximate surface area is 128 Å². The molecule has 104 valence electrons. The Bertz CT molecular complexity index is 1140. The molecule has 0 radical (unpaired) electrons. The third kappa shape index (κ3) is 1.52.